The predicted octanol–water partition coefficient (Wildman–Crippen LogP) is 7.61. The normalized spacial score (nSPS) is 12.9. The van der Waals surface area contributed by atoms with Gasteiger partial charge >= 0.3 is 5.97 Å². The molecule has 38 heavy (non-hydrogen) atoms. The molecule has 0 fully saturated rings. The minimum Gasteiger partial charge on any atom is -0.508 e. The van der Waals surface area contributed by atoms with Gasteiger partial charge in [-0.05, 0) is 75.8 Å². The smallest absolute Gasteiger partial charge is 0.326 e. The van der Waals surface area contributed by atoms with Gasteiger partial charge < -0.3 is 20.1 Å². The van der Waals surface area contributed by atoms with Crippen LogP contribution >= 0.6 is 0 Å². The van der Waals surface area contributed by atoms with E-state index in [9.17, 15) is 20.1 Å². The van der Waals surface area contributed by atoms with Crippen molar-refractivity contribution >= 4 is 5.97 Å². The number of carbonyl (C=O) groups excluding carboxylic acids is 1. The lowest BCUT2D eigenvalue weighted by molar-refractivity contribution is -0.138. The van der Waals surface area contributed by atoms with E-state index in [2.05, 4.69) is 0 Å². The maximum Gasteiger partial charge on any atom is 0.326 e. The summed E-state index contributed by atoms with van der Waals surface area (Å²) in [6.45, 7) is 19.8. The molecular weight excluding hydrogens is 476 g/mol. The van der Waals surface area contributed by atoms with Crippen LogP contribution in [0.4, 0.5) is 0 Å². The summed E-state index contributed by atoms with van der Waals surface area (Å²) in [5.41, 5.74) is 1.05. The van der Waals surface area contributed by atoms with E-state index in [4.69, 9.17) is 4.74 Å². The van der Waals surface area contributed by atoms with Gasteiger partial charge in [-0.15, -0.1) is 0 Å². The van der Waals surface area contributed by atoms with Gasteiger partial charge in [-0.25, -0.2) is 0 Å². The van der Waals surface area contributed by atoms with E-state index in [0.29, 0.717) is 33.6 Å². The second-order valence-corrected chi connectivity index (χ2v) is 13.4. The van der Waals surface area contributed by atoms with Gasteiger partial charge in [0.05, 0.1) is 0 Å². The van der Waals surface area contributed by atoms with E-state index in [0.717, 1.165) is 0 Å². The van der Waals surface area contributed by atoms with Crippen LogP contribution < -0.4 is 4.74 Å². The van der Waals surface area contributed by atoms with Crippen molar-refractivity contribution < 1.29 is 24.9 Å². The molecule has 0 bridgehead atoms. The molecule has 3 aromatic carbocycles. The largest absolute Gasteiger partial charge is 0.508 e. The Morgan fingerprint density at radius 3 is 1.26 bits per heavy atom. The number of rotatable bonds is 4. The van der Waals surface area contributed by atoms with E-state index in [1.165, 1.54) is 6.07 Å². The summed E-state index contributed by atoms with van der Waals surface area (Å²) in [4.78, 5) is 14.2. The molecule has 0 heterocycles. The van der Waals surface area contributed by atoms with Gasteiger partial charge in [0.1, 0.15) is 28.4 Å². The average Bonchev–Trinajstić information content (AvgIpc) is 2.78. The Hall–Kier alpha value is -3.47. The monoisotopic (exact) mass is 518 g/mol. The lowest BCUT2D eigenvalue weighted by Gasteiger charge is -2.32. The molecule has 0 aromatic heterocycles. The molecule has 204 valence electrons. The number of carbonyl (C=O) groups is 1. The Balaban J connectivity index is 2.25. The highest BCUT2D eigenvalue weighted by atomic mass is 16.5. The maximum atomic E-state index is 14.2. The van der Waals surface area contributed by atoms with Crippen molar-refractivity contribution in [2.45, 2.75) is 90.9 Å². The number of esters is 1. The van der Waals surface area contributed by atoms with Crippen LogP contribution in [0.5, 0.6) is 23.0 Å². The Labute approximate surface area is 227 Å². The third kappa shape index (κ3) is 5.67. The van der Waals surface area contributed by atoms with E-state index < -0.39 is 11.4 Å². The molecule has 0 aliphatic rings. The van der Waals surface area contributed by atoms with Gasteiger partial charge in [0.25, 0.3) is 0 Å². The molecule has 0 radical (unpaired) electrons. The highest BCUT2D eigenvalue weighted by Crippen LogP contribution is 2.42. The Morgan fingerprint density at radius 2 is 0.895 bits per heavy atom. The van der Waals surface area contributed by atoms with Gasteiger partial charge in [0.2, 0.25) is 0 Å². The van der Waals surface area contributed by atoms with Crippen LogP contribution in [-0.2, 0) is 26.5 Å². The average molecular weight is 519 g/mol. The first-order valence-corrected chi connectivity index (χ1v) is 13.0. The predicted molar refractivity (Wildman–Crippen MR) is 153 cm³/mol. The van der Waals surface area contributed by atoms with Crippen LogP contribution in [0.25, 0.3) is 0 Å². The third-order valence-electron chi connectivity index (χ3n) is 7.16. The quantitative estimate of drug-likeness (QED) is 0.244. The molecule has 0 amide bonds. The zero-order valence-corrected chi connectivity index (χ0v) is 24.4. The van der Waals surface area contributed by atoms with E-state index in [-0.39, 0.29) is 33.5 Å². The molecule has 0 saturated carbocycles. The number of phenolic OH excluding ortho intramolecular Hbond substituents is 3. The maximum absolute atomic E-state index is 14.2. The molecule has 0 saturated heterocycles. The Kier molecular flexibility index (Phi) is 7.41. The zero-order chi connectivity index (χ0) is 28.8. The van der Waals surface area contributed by atoms with E-state index in [1.807, 2.05) is 74.4 Å². The summed E-state index contributed by atoms with van der Waals surface area (Å²) in [5, 5.41) is 31.7. The first-order valence-electron chi connectivity index (χ1n) is 13.0. The van der Waals surface area contributed by atoms with E-state index >= 15 is 0 Å². The first kappa shape index (κ1) is 29.1. The summed E-state index contributed by atoms with van der Waals surface area (Å²) in [5.74, 6) is 0.271. The fourth-order valence-corrected chi connectivity index (χ4v) is 4.69. The Bertz CT molecular complexity index is 1280. The lowest BCUT2D eigenvalue weighted by Crippen LogP contribution is -2.38. The number of benzene rings is 3. The van der Waals surface area contributed by atoms with Crippen LogP contribution in [0.2, 0.25) is 0 Å². The summed E-state index contributed by atoms with van der Waals surface area (Å²) in [6.07, 6.45) is 0. The number of ether oxygens (including phenoxy) is 1. The second-order valence-electron chi connectivity index (χ2n) is 13.4. The molecule has 3 N–H and O–H groups in total. The standard InChI is InChI=1S/C33H42O5/c1-30(2,3)23-17-20(11-14-26(23)34)33(10,21-12-15-27(35)24(18-21)31(4,5)6)29(37)38-22-13-16-28(36)25(19-22)32(7,8)9/h11-19,34-36H,1-10H3. The van der Waals surface area contributed by atoms with Crippen molar-refractivity contribution in [1.82, 2.24) is 0 Å². The molecule has 0 spiro atoms. The summed E-state index contributed by atoms with van der Waals surface area (Å²) in [7, 11) is 0. The Morgan fingerprint density at radius 1 is 0.553 bits per heavy atom. The first-order chi connectivity index (χ1) is 17.3. The fourth-order valence-electron chi connectivity index (χ4n) is 4.69. The molecule has 5 nitrogen and oxygen atoms in total. The van der Waals surface area contributed by atoms with Gasteiger partial charge in [-0.1, -0.05) is 86.6 Å². The third-order valence-corrected chi connectivity index (χ3v) is 7.16. The molecule has 0 unspecified atom stereocenters. The molecule has 0 atom stereocenters. The summed E-state index contributed by atoms with van der Waals surface area (Å²) < 4.78 is 6.02. The van der Waals surface area contributed by atoms with Crippen molar-refractivity contribution in [3.63, 3.8) is 0 Å². The minimum atomic E-state index is -1.28. The van der Waals surface area contributed by atoms with Crippen molar-refractivity contribution in [1.29, 1.82) is 0 Å². The van der Waals surface area contributed by atoms with Crippen LogP contribution in [0.1, 0.15) is 97.1 Å². The number of aromatic hydroxyl groups is 3. The van der Waals surface area contributed by atoms with Crippen LogP contribution in [0, 0.1) is 0 Å². The molecular formula is C33H42O5. The van der Waals surface area contributed by atoms with Gasteiger partial charge in [-0.2, -0.15) is 0 Å². The molecule has 3 aromatic rings. The molecule has 3 rings (SSSR count). The van der Waals surface area contributed by atoms with Crippen molar-refractivity contribution in [2.75, 3.05) is 0 Å². The highest BCUT2D eigenvalue weighted by Gasteiger charge is 2.41. The molecule has 0 aliphatic carbocycles. The second kappa shape index (κ2) is 9.68. The van der Waals surface area contributed by atoms with Crippen molar-refractivity contribution in [3.8, 4) is 23.0 Å². The molecule has 5 heteroatoms. The van der Waals surface area contributed by atoms with Gasteiger partial charge in [0, 0.05) is 5.56 Å². The number of phenols is 3. The number of hydrogen-bond acceptors (Lipinski definition) is 5. The SMILES string of the molecule is CC(C)(C)c1cc(OC(=O)C(C)(c2ccc(O)c(C(C)(C)C)c2)c2ccc(O)c(C(C)(C)C)c2)ccc1O. The van der Waals surface area contributed by atoms with Crippen molar-refractivity contribution in [3.05, 3.63) is 82.4 Å². The number of hydrogen-bond donors (Lipinski definition) is 3. The zero-order valence-electron chi connectivity index (χ0n) is 24.4. The van der Waals surface area contributed by atoms with Crippen LogP contribution in [-0.4, -0.2) is 21.3 Å². The van der Waals surface area contributed by atoms with E-state index in [1.54, 1.807) is 43.3 Å². The summed E-state index contributed by atoms with van der Waals surface area (Å²) >= 11 is 0. The minimum absolute atomic E-state index is 0.141. The van der Waals surface area contributed by atoms with Gasteiger partial charge in [0.15, 0.2) is 0 Å². The van der Waals surface area contributed by atoms with Crippen LogP contribution in [0.3, 0.4) is 0 Å². The van der Waals surface area contributed by atoms with Crippen LogP contribution in [0.15, 0.2) is 54.6 Å². The van der Waals surface area contributed by atoms with Crippen molar-refractivity contribution in [2.24, 2.45) is 0 Å². The lowest BCUT2D eigenvalue weighted by atomic mass is 9.72. The topological polar surface area (TPSA) is 87.0 Å². The fraction of sp³-hybridized carbons (Fsp3) is 0.424. The summed E-state index contributed by atoms with van der Waals surface area (Å²) in [6, 6.07) is 15.3. The molecule has 0 aliphatic heterocycles. The van der Waals surface area contributed by atoms with Gasteiger partial charge in [-0.3, -0.25) is 4.79 Å². The highest BCUT2D eigenvalue weighted by molar-refractivity contribution is 5.89.